The van der Waals surface area contributed by atoms with E-state index in [0.29, 0.717) is 6.61 Å². The van der Waals surface area contributed by atoms with Crippen LogP contribution in [-0.4, -0.2) is 25.9 Å². The van der Waals surface area contributed by atoms with Gasteiger partial charge in [-0.1, -0.05) is 18.2 Å². The summed E-state index contributed by atoms with van der Waals surface area (Å²) in [7, 11) is 1.74. The normalized spacial score (nSPS) is 13.4. The van der Waals surface area contributed by atoms with Crippen molar-refractivity contribution in [1.82, 2.24) is 5.32 Å². The van der Waals surface area contributed by atoms with Crippen molar-refractivity contribution in [3.63, 3.8) is 0 Å². The van der Waals surface area contributed by atoms with Gasteiger partial charge in [0.05, 0.1) is 12.2 Å². The van der Waals surface area contributed by atoms with Gasteiger partial charge in [0.15, 0.2) is 0 Å². The van der Waals surface area contributed by atoms with Crippen molar-refractivity contribution in [3.05, 3.63) is 29.8 Å². The lowest BCUT2D eigenvalue weighted by atomic mass is 10.1. The molecule has 102 valence electrons. The van der Waals surface area contributed by atoms with Gasteiger partial charge in [0.25, 0.3) is 0 Å². The van der Waals surface area contributed by atoms with Crippen LogP contribution in [0.3, 0.4) is 0 Å². The number of methoxy groups -OCH3 is 1. The van der Waals surface area contributed by atoms with Crippen molar-refractivity contribution in [1.29, 1.82) is 0 Å². The van der Waals surface area contributed by atoms with E-state index >= 15 is 0 Å². The van der Waals surface area contributed by atoms with E-state index in [1.807, 2.05) is 25.1 Å². The van der Waals surface area contributed by atoms with Gasteiger partial charge in [0, 0.05) is 25.3 Å². The van der Waals surface area contributed by atoms with Gasteiger partial charge in [-0.3, -0.25) is 0 Å². The molecule has 0 saturated carbocycles. The van der Waals surface area contributed by atoms with Crippen LogP contribution in [-0.2, 0) is 4.74 Å². The zero-order valence-corrected chi connectivity index (χ0v) is 12.1. The van der Waals surface area contributed by atoms with Crippen LogP contribution < -0.4 is 10.1 Å². The van der Waals surface area contributed by atoms with Gasteiger partial charge in [-0.05, 0) is 33.8 Å². The van der Waals surface area contributed by atoms with E-state index in [-0.39, 0.29) is 11.6 Å². The van der Waals surface area contributed by atoms with Crippen molar-refractivity contribution in [2.75, 3.05) is 20.3 Å². The van der Waals surface area contributed by atoms with E-state index in [4.69, 9.17) is 9.47 Å². The molecule has 1 aromatic carbocycles. The quantitative estimate of drug-likeness (QED) is 0.807. The second-order valence-electron chi connectivity index (χ2n) is 5.04. The number of para-hydroxylation sites is 1. The Balaban J connectivity index is 2.69. The van der Waals surface area contributed by atoms with Crippen molar-refractivity contribution in [3.8, 4) is 5.75 Å². The summed E-state index contributed by atoms with van der Waals surface area (Å²) >= 11 is 0. The highest BCUT2D eigenvalue weighted by Gasteiger charge is 2.18. The molecule has 1 unspecified atom stereocenters. The molecule has 0 heterocycles. The zero-order chi connectivity index (χ0) is 13.6. The highest BCUT2D eigenvalue weighted by Crippen LogP contribution is 2.25. The van der Waals surface area contributed by atoms with Gasteiger partial charge in [0.2, 0.25) is 0 Å². The molecule has 0 saturated heterocycles. The Kier molecular flexibility index (Phi) is 5.63. The molecule has 1 aromatic rings. The molecule has 0 radical (unpaired) electrons. The van der Waals surface area contributed by atoms with Crippen LogP contribution in [0.2, 0.25) is 0 Å². The summed E-state index contributed by atoms with van der Waals surface area (Å²) in [6, 6.07) is 8.39. The number of ether oxygens (including phenoxy) is 2. The molecule has 1 rings (SSSR count). The molecular weight excluding hydrogens is 226 g/mol. The van der Waals surface area contributed by atoms with Crippen LogP contribution in [0.5, 0.6) is 5.75 Å². The van der Waals surface area contributed by atoms with Crippen LogP contribution >= 0.6 is 0 Å². The Bertz CT molecular complexity index is 363. The highest BCUT2D eigenvalue weighted by molar-refractivity contribution is 5.35. The van der Waals surface area contributed by atoms with Gasteiger partial charge in [-0.15, -0.1) is 0 Å². The lowest BCUT2D eigenvalue weighted by molar-refractivity contribution is 0.0213. The summed E-state index contributed by atoms with van der Waals surface area (Å²) in [5, 5.41) is 3.48. The third kappa shape index (κ3) is 4.31. The summed E-state index contributed by atoms with van der Waals surface area (Å²) in [6.07, 6.45) is 0. The number of rotatable bonds is 7. The predicted octanol–water partition coefficient (Wildman–Crippen LogP) is 3.16. The SMILES string of the molecule is CCOc1ccccc1C(C)NCC(C)(C)OC. The number of nitrogens with one attached hydrogen (secondary N) is 1. The van der Waals surface area contributed by atoms with Crippen LogP contribution in [0.15, 0.2) is 24.3 Å². The van der Waals surface area contributed by atoms with E-state index in [1.165, 1.54) is 5.56 Å². The summed E-state index contributed by atoms with van der Waals surface area (Å²) in [4.78, 5) is 0. The van der Waals surface area contributed by atoms with Gasteiger partial charge < -0.3 is 14.8 Å². The standard InChI is InChI=1S/C15H25NO2/c1-6-18-14-10-8-7-9-13(14)12(2)16-11-15(3,4)17-5/h7-10,12,16H,6,11H2,1-5H3. The first-order valence-electron chi connectivity index (χ1n) is 6.50. The largest absolute Gasteiger partial charge is 0.494 e. The first-order valence-corrected chi connectivity index (χ1v) is 6.50. The molecule has 3 heteroatoms. The minimum Gasteiger partial charge on any atom is -0.494 e. The second kappa shape index (κ2) is 6.76. The number of hydrogen-bond donors (Lipinski definition) is 1. The average molecular weight is 251 g/mol. The molecule has 0 fully saturated rings. The van der Waals surface area contributed by atoms with Crippen LogP contribution in [0, 0.1) is 0 Å². The van der Waals surface area contributed by atoms with E-state index in [1.54, 1.807) is 7.11 Å². The molecular formula is C15H25NO2. The Hall–Kier alpha value is -1.06. The van der Waals surface area contributed by atoms with Crippen molar-refractivity contribution >= 4 is 0 Å². The van der Waals surface area contributed by atoms with Gasteiger partial charge in [-0.2, -0.15) is 0 Å². The molecule has 0 bridgehead atoms. The van der Waals surface area contributed by atoms with E-state index < -0.39 is 0 Å². The van der Waals surface area contributed by atoms with Crippen molar-refractivity contribution in [2.45, 2.75) is 39.3 Å². The molecule has 0 aliphatic heterocycles. The van der Waals surface area contributed by atoms with Gasteiger partial charge in [-0.25, -0.2) is 0 Å². The van der Waals surface area contributed by atoms with E-state index in [0.717, 1.165) is 12.3 Å². The average Bonchev–Trinajstić information content (AvgIpc) is 2.37. The maximum Gasteiger partial charge on any atom is 0.124 e. The summed E-state index contributed by atoms with van der Waals surface area (Å²) in [5.74, 6) is 0.954. The molecule has 0 spiro atoms. The molecule has 1 N–H and O–H groups in total. The van der Waals surface area contributed by atoms with Crippen LogP contribution in [0.4, 0.5) is 0 Å². The Labute approximate surface area is 110 Å². The fourth-order valence-corrected chi connectivity index (χ4v) is 1.71. The zero-order valence-electron chi connectivity index (χ0n) is 12.1. The van der Waals surface area contributed by atoms with Gasteiger partial charge >= 0.3 is 0 Å². The molecule has 0 aliphatic rings. The fraction of sp³-hybridized carbons (Fsp3) is 0.600. The Morgan fingerprint density at radius 1 is 1.28 bits per heavy atom. The van der Waals surface area contributed by atoms with E-state index in [9.17, 15) is 0 Å². The number of hydrogen-bond acceptors (Lipinski definition) is 3. The van der Waals surface area contributed by atoms with Crippen LogP contribution in [0.25, 0.3) is 0 Å². The summed E-state index contributed by atoms with van der Waals surface area (Å²) in [6.45, 7) is 9.77. The molecule has 3 nitrogen and oxygen atoms in total. The first kappa shape index (κ1) is 15.0. The summed E-state index contributed by atoms with van der Waals surface area (Å²) < 4.78 is 11.1. The molecule has 0 amide bonds. The van der Waals surface area contributed by atoms with Crippen molar-refractivity contribution < 1.29 is 9.47 Å². The lowest BCUT2D eigenvalue weighted by Crippen LogP contribution is -2.37. The number of benzene rings is 1. The Morgan fingerprint density at radius 2 is 1.94 bits per heavy atom. The predicted molar refractivity (Wildman–Crippen MR) is 75.1 cm³/mol. The van der Waals surface area contributed by atoms with E-state index in [2.05, 4.69) is 32.2 Å². The first-order chi connectivity index (χ1) is 8.50. The van der Waals surface area contributed by atoms with Crippen molar-refractivity contribution in [2.24, 2.45) is 0 Å². The third-order valence-electron chi connectivity index (χ3n) is 3.07. The minimum absolute atomic E-state index is 0.158. The molecule has 0 aliphatic carbocycles. The third-order valence-corrected chi connectivity index (χ3v) is 3.07. The maximum atomic E-state index is 5.65. The summed E-state index contributed by atoms with van der Waals surface area (Å²) in [5.41, 5.74) is 1.03. The minimum atomic E-state index is -0.158. The maximum absolute atomic E-state index is 5.65. The monoisotopic (exact) mass is 251 g/mol. The fourth-order valence-electron chi connectivity index (χ4n) is 1.71. The Morgan fingerprint density at radius 3 is 2.56 bits per heavy atom. The van der Waals surface area contributed by atoms with Gasteiger partial charge in [0.1, 0.15) is 5.75 Å². The smallest absolute Gasteiger partial charge is 0.124 e. The van der Waals surface area contributed by atoms with Crippen LogP contribution in [0.1, 0.15) is 39.3 Å². The second-order valence-corrected chi connectivity index (χ2v) is 5.04. The molecule has 18 heavy (non-hydrogen) atoms. The molecule has 1 atom stereocenters. The lowest BCUT2D eigenvalue weighted by Gasteiger charge is -2.26. The topological polar surface area (TPSA) is 30.5 Å². The molecule has 0 aromatic heterocycles. The highest BCUT2D eigenvalue weighted by atomic mass is 16.5.